The topological polar surface area (TPSA) is 29.5 Å². The third-order valence-corrected chi connectivity index (χ3v) is 4.62. The first-order valence-corrected chi connectivity index (χ1v) is 8.27. The number of thiophene rings is 1. The zero-order valence-electron chi connectivity index (χ0n) is 13.4. The predicted octanol–water partition coefficient (Wildman–Crippen LogP) is 4.11. The molecule has 6 heteroatoms. The Morgan fingerprint density at radius 3 is 2.57 bits per heavy atom. The van der Waals surface area contributed by atoms with Crippen LogP contribution in [0, 0.1) is 11.6 Å². The molecule has 0 bridgehead atoms. The van der Waals surface area contributed by atoms with Crippen molar-refractivity contribution in [1.82, 2.24) is 4.90 Å². The number of carbonyl (C=O) groups excluding carboxylic acids is 1. The van der Waals surface area contributed by atoms with Crippen molar-refractivity contribution in [2.45, 2.75) is 20.3 Å². The van der Waals surface area contributed by atoms with Gasteiger partial charge in [0.1, 0.15) is 17.4 Å². The monoisotopic (exact) mass is 339 g/mol. The molecule has 3 nitrogen and oxygen atoms in total. The first kappa shape index (κ1) is 17.4. The minimum absolute atomic E-state index is 0.0762. The minimum Gasteiger partial charge on any atom is -0.496 e. The minimum atomic E-state index is -0.686. The van der Waals surface area contributed by atoms with Gasteiger partial charge in [-0.1, -0.05) is 0 Å². The molecule has 1 aromatic heterocycles. The normalized spacial score (nSPS) is 10.7. The molecule has 0 saturated carbocycles. The summed E-state index contributed by atoms with van der Waals surface area (Å²) in [5, 5.41) is 1.81. The lowest BCUT2D eigenvalue weighted by Gasteiger charge is -2.19. The van der Waals surface area contributed by atoms with Crippen LogP contribution >= 0.6 is 11.3 Å². The van der Waals surface area contributed by atoms with Crippen LogP contribution in [0.1, 0.15) is 34.6 Å². The lowest BCUT2D eigenvalue weighted by atomic mass is 10.1. The number of hydrogen-bond acceptors (Lipinski definition) is 3. The van der Waals surface area contributed by atoms with Crippen LogP contribution in [0.25, 0.3) is 0 Å². The zero-order chi connectivity index (χ0) is 17.0. The van der Waals surface area contributed by atoms with Crippen molar-refractivity contribution in [1.29, 1.82) is 0 Å². The molecule has 0 fully saturated rings. The summed E-state index contributed by atoms with van der Waals surface area (Å²) >= 11 is 1.38. The van der Waals surface area contributed by atoms with Crippen molar-refractivity contribution in [2.24, 2.45) is 0 Å². The van der Waals surface area contributed by atoms with Crippen molar-refractivity contribution >= 4 is 17.2 Å². The summed E-state index contributed by atoms with van der Waals surface area (Å²) in [6.07, 6.45) is 0.190. The second kappa shape index (κ2) is 7.55. The first-order chi connectivity index (χ1) is 11.0. The molecular weight excluding hydrogens is 320 g/mol. The highest BCUT2D eigenvalue weighted by Crippen LogP contribution is 2.29. The Hall–Kier alpha value is -1.95. The van der Waals surface area contributed by atoms with Gasteiger partial charge in [-0.25, -0.2) is 8.78 Å². The van der Waals surface area contributed by atoms with Crippen molar-refractivity contribution < 1.29 is 18.3 Å². The van der Waals surface area contributed by atoms with Crippen LogP contribution in [0.3, 0.4) is 0 Å². The lowest BCUT2D eigenvalue weighted by Crippen LogP contribution is -2.30. The lowest BCUT2D eigenvalue weighted by molar-refractivity contribution is 0.0772. The van der Waals surface area contributed by atoms with Gasteiger partial charge in [0.25, 0.3) is 5.91 Å². The highest BCUT2D eigenvalue weighted by atomic mass is 32.1. The van der Waals surface area contributed by atoms with E-state index in [-0.39, 0.29) is 23.6 Å². The molecule has 1 aromatic carbocycles. The van der Waals surface area contributed by atoms with E-state index in [1.807, 2.05) is 13.8 Å². The molecule has 124 valence electrons. The van der Waals surface area contributed by atoms with Gasteiger partial charge in [0.15, 0.2) is 0 Å². The van der Waals surface area contributed by atoms with Gasteiger partial charge in [0.2, 0.25) is 0 Å². The third kappa shape index (κ3) is 3.69. The Kier molecular flexibility index (Phi) is 5.71. The number of ether oxygens (including phenoxy) is 1. The van der Waals surface area contributed by atoms with Crippen LogP contribution < -0.4 is 4.74 Å². The Labute approximate surface area is 138 Å². The Morgan fingerprint density at radius 2 is 1.96 bits per heavy atom. The Morgan fingerprint density at radius 1 is 1.26 bits per heavy atom. The maximum atomic E-state index is 14.1. The molecule has 0 atom stereocenters. The summed E-state index contributed by atoms with van der Waals surface area (Å²) in [6, 6.07) is 3.73. The van der Waals surface area contributed by atoms with E-state index in [9.17, 15) is 13.6 Å². The van der Waals surface area contributed by atoms with E-state index in [0.717, 1.165) is 17.0 Å². The van der Waals surface area contributed by atoms with Crippen LogP contribution in [0.5, 0.6) is 5.75 Å². The fourth-order valence-corrected chi connectivity index (χ4v) is 3.32. The summed E-state index contributed by atoms with van der Waals surface area (Å²) in [5.41, 5.74) is 0.814. The van der Waals surface area contributed by atoms with E-state index in [2.05, 4.69) is 0 Å². The predicted molar refractivity (Wildman–Crippen MR) is 87.3 cm³/mol. The molecule has 2 aromatic rings. The maximum absolute atomic E-state index is 14.1. The van der Waals surface area contributed by atoms with Crippen molar-refractivity contribution in [2.75, 3.05) is 20.2 Å². The Balaban J connectivity index is 2.36. The summed E-state index contributed by atoms with van der Waals surface area (Å²) in [6.45, 7) is 5.05. The molecule has 0 radical (unpaired) electrons. The zero-order valence-corrected chi connectivity index (χ0v) is 14.2. The van der Waals surface area contributed by atoms with Gasteiger partial charge in [0, 0.05) is 42.1 Å². The van der Waals surface area contributed by atoms with Gasteiger partial charge in [-0.05, 0) is 25.3 Å². The summed E-state index contributed by atoms with van der Waals surface area (Å²) in [5.74, 6) is -1.28. The Bertz CT molecular complexity index is 696. The van der Waals surface area contributed by atoms with Crippen LogP contribution in [0.4, 0.5) is 8.78 Å². The third-order valence-electron chi connectivity index (χ3n) is 3.70. The molecule has 2 rings (SSSR count). The second-order valence-corrected chi connectivity index (χ2v) is 5.98. The van der Waals surface area contributed by atoms with Crippen LogP contribution in [-0.2, 0) is 6.42 Å². The molecule has 0 N–H and O–H groups in total. The summed E-state index contributed by atoms with van der Waals surface area (Å²) in [4.78, 5) is 15.0. The number of halogens is 2. The molecule has 1 amide bonds. The molecule has 0 saturated heterocycles. The highest BCUT2D eigenvalue weighted by molar-refractivity contribution is 7.10. The van der Waals surface area contributed by atoms with Crippen LogP contribution in [0.2, 0.25) is 0 Å². The number of rotatable bonds is 6. The van der Waals surface area contributed by atoms with Crippen LogP contribution in [0.15, 0.2) is 23.6 Å². The molecule has 23 heavy (non-hydrogen) atoms. The fourth-order valence-electron chi connectivity index (χ4n) is 2.44. The average Bonchev–Trinajstić information content (AvgIpc) is 2.98. The van der Waals surface area contributed by atoms with Gasteiger partial charge < -0.3 is 9.64 Å². The number of nitrogens with zero attached hydrogens (tertiary/aromatic N) is 1. The molecule has 0 unspecified atom stereocenters. The van der Waals surface area contributed by atoms with Gasteiger partial charge in [-0.3, -0.25) is 4.79 Å². The first-order valence-electron chi connectivity index (χ1n) is 7.39. The number of methoxy groups -OCH3 is 1. The van der Waals surface area contributed by atoms with Gasteiger partial charge in [0.05, 0.1) is 12.7 Å². The van der Waals surface area contributed by atoms with E-state index in [1.54, 1.807) is 16.3 Å². The van der Waals surface area contributed by atoms with E-state index in [0.29, 0.717) is 18.7 Å². The molecule has 0 aliphatic rings. The molecule has 0 aliphatic carbocycles. The molecule has 0 spiro atoms. The second-order valence-electron chi connectivity index (χ2n) is 4.98. The number of carbonyl (C=O) groups is 1. The van der Waals surface area contributed by atoms with Gasteiger partial charge in [-0.2, -0.15) is 0 Å². The standard InChI is InChI=1S/C17H19F2NO2S/c1-4-20(5-2)17(21)12-6-7-23-16(12)10-13-14(19)8-11(18)9-15(13)22-3/h6-9H,4-5,10H2,1-3H3. The van der Waals surface area contributed by atoms with Crippen molar-refractivity contribution in [3.8, 4) is 5.75 Å². The largest absolute Gasteiger partial charge is 0.496 e. The maximum Gasteiger partial charge on any atom is 0.254 e. The molecule has 1 heterocycles. The number of benzene rings is 1. The van der Waals surface area contributed by atoms with Gasteiger partial charge >= 0.3 is 0 Å². The number of amides is 1. The average molecular weight is 339 g/mol. The summed E-state index contributed by atoms with van der Waals surface area (Å²) in [7, 11) is 1.37. The van der Waals surface area contributed by atoms with E-state index in [1.165, 1.54) is 18.4 Å². The van der Waals surface area contributed by atoms with Crippen molar-refractivity contribution in [3.05, 3.63) is 51.2 Å². The van der Waals surface area contributed by atoms with Crippen molar-refractivity contribution in [3.63, 3.8) is 0 Å². The molecule has 0 aliphatic heterocycles. The SMILES string of the molecule is CCN(CC)C(=O)c1ccsc1Cc1c(F)cc(F)cc1OC. The smallest absolute Gasteiger partial charge is 0.254 e. The van der Waals surface area contributed by atoms with E-state index < -0.39 is 11.6 Å². The van der Waals surface area contributed by atoms with E-state index in [4.69, 9.17) is 4.74 Å². The number of hydrogen-bond donors (Lipinski definition) is 0. The highest BCUT2D eigenvalue weighted by Gasteiger charge is 2.20. The van der Waals surface area contributed by atoms with Crippen LogP contribution in [-0.4, -0.2) is 31.0 Å². The molecular formula is C17H19F2NO2S. The quantitative estimate of drug-likeness (QED) is 0.793. The van der Waals surface area contributed by atoms with Gasteiger partial charge in [-0.15, -0.1) is 11.3 Å². The fraction of sp³-hybridized carbons (Fsp3) is 0.353. The van der Waals surface area contributed by atoms with E-state index >= 15 is 0 Å². The summed E-state index contributed by atoms with van der Waals surface area (Å²) < 4.78 is 32.5.